The molecule has 1 amide bonds. The molecule has 24 heavy (non-hydrogen) atoms. The molecule has 0 spiro atoms. The Morgan fingerprint density at radius 1 is 1.29 bits per heavy atom. The van der Waals surface area contributed by atoms with Crippen molar-refractivity contribution in [3.05, 3.63) is 29.8 Å². The van der Waals surface area contributed by atoms with Crippen LogP contribution in [0.2, 0.25) is 0 Å². The number of likely N-dealkylation sites (tertiary alicyclic amines) is 1. The van der Waals surface area contributed by atoms with Crippen LogP contribution in [0.5, 0.6) is 5.75 Å². The number of methoxy groups -OCH3 is 1. The van der Waals surface area contributed by atoms with Gasteiger partial charge in [-0.15, -0.1) is 0 Å². The summed E-state index contributed by atoms with van der Waals surface area (Å²) in [6.07, 6.45) is 2.76. The maximum absolute atomic E-state index is 12.0. The van der Waals surface area contributed by atoms with E-state index < -0.39 is 0 Å². The molecule has 2 rings (SSSR count). The fourth-order valence-electron chi connectivity index (χ4n) is 2.70. The van der Waals surface area contributed by atoms with Gasteiger partial charge in [-0.05, 0) is 37.5 Å². The first-order chi connectivity index (χ1) is 11.7. The van der Waals surface area contributed by atoms with Gasteiger partial charge in [0.1, 0.15) is 5.75 Å². The van der Waals surface area contributed by atoms with Crippen molar-refractivity contribution in [2.24, 2.45) is 4.99 Å². The summed E-state index contributed by atoms with van der Waals surface area (Å²) in [7, 11) is 1.66. The molecule has 1 aromatic carbocycles. The van der Waals surface area contributed by atoms with E-state index in [1.807, 2.05) is 36.1 Å². The number of amides is 1. The van der Waals surface area contributed by atoms with Crippen LogP contribution in [0.1, 0.15) is 31.7 Å². The fraction of sp³-hybridized carbons (Fsp3) is 0.556. The van der Waals surface area contributed by atoms with Crippen molar-refractivity contribution in [1.82, 2.24) is 15.5 Å². The molecule has 2 N–H and O–H groups in total. The number of rotatable bonds is 7. The van der Waals surface area contributed by atoms with E-state index in [2.05, 4.69) is 15.6 Å². The maximum Gasteiger partial charge on any atom is 0.224 e. The smallest absolute Gasteiger partial charge is 0.224 e. The summed E-state index contributed by atoms with van der Waals surface area (Å²) < 4.78 is 5.23. The summed E-state index contributed by atoms with van der Waals surface area (Å²) in [6, 6.07) is 7.87. The van der Waals surface area contributed by atoms with Crippen LogP contribution in [0.4, 0.5) is 0 Å². The first kappa shape index (κ1) is 18.1. The number of carbonyl (C=O) groups is 1. The number of ether oxygens (including phenoxy) is 1. The third-order valence-electron chi connectivity index (χ3n) is 3.99. The van der Waals surface area contributed by atoms with Gasteiger partial charge < -0.3 is 20.3 Å². The van der Waals surface area contributed by atoms with Crippen molar-refractivity contribution in [2.45, 2.75) is 32.7 Å². The topological polar surface area (TPSA) is 66.0 Å². The van der Waals surface area contributed by atoms with Crippen LogP contribution in [-0.4, -0.2) is 50.1 Å². The highest BCUT2D eigenvalue weighted by Gasteiger charge is 2.17. The van der Waals surface area contributed by atoms with Crippen molar-refractivity contribution in [2.75, 3.05) is 33.3 Å². The maximum atomic E-state index is 12.0. The molecule has 132 valence electrons. The van der Waals surface area contributed by atoms with Gasteiger partial charge in [0, 0.05) is 32.6 Å². The molecule has 1 saturated heterocycles. The molecule has 0 radical (unpaired) electrons. The van der Waals surface area contributed by atoms with E-state index in [0.717, 1.165) is 49.7 Å². The van der Waals surface area contributed by atoms with E-state index in [1.165, 1.54) is 0 Å². The Hall–Kier alpha value is -2.24. The van der Waals surface area contributed by atoms with Gasteiger partial charge >= 0.3 is 0 Å². The van der Waals surface area contributed by atoms with Crippen LogP contribution in [0, 0.1) is 0 Å². The second kappa shape index (κ2) is 9.80. The molecule has 0 bridgehead atoms. The SMILES string of the molecule is CCNC(=NCc1cccc(OC)c1)NCCC(=O)N1CCCC1. The van der Waals surface area contributed by atoms with Gasteiger partial charge in [-0.1, -0.05) is 12.1 Å². The van der Waals surface area contributed by atoms with Crippen molar-refractivity contribution >= 4 is 11.9 Å². The van der Waals surface area contributed by atoms with E-state index in [0.29, 0.717) is 19.5 Å². The zero-order valence-corrected chi connectivity index (χ0v) is 14.7. The standard InChI is InChI=1S/C18H28N4O2/c1-3-19-18(20-10-9-17(23)22-11-4-5-12-22)21-14-15-7-6-8-16(13-15)24-2/h6-8,13H,3-5,9-12,14H2,1-2H3,(H2,19,20,21). The van der Waals surface area contributed by atoms with Crippen molar-refractivity contribution in [3.63, 3.8) is 0 Å². The summed E-state index contributed by atoms with van der Waals surface area (Å²) in [6.45, 7) is 5.78. The number of benzene rings is 1. The molecule has 1 aliphatic rings. The minimum atomic E-state index is 0.226. The van der Waals surface area contributed by atoms with Crippen molar-refractivity contribution in [1.29, 1.82) is 0 Å². The highest BCUT2D eigenvalue weighted by atomic mass is 16.5. The van der Waals surface area contributed by atoms with Gasteiger partial charge in [0.05, 0.1) is 13.7 Å². The Kier molecular flexibility index (Phi) is 7.39. The molecule has 0 unspecified atom stereocenters. The Balaban J connectivity index is 1.82. The molecule has 0 aliphatic carbocycles. The number of carbonyl (C=O) groups excluding carboxylic acids is 1. The summed E-state index contributed by atoms with van der Waals surface area (Å²) >= 11 is 0. The monoisotopic (exact) mass is 332 g/mol. The Morgan fingerprint density at radius 2 is 2.08 bits per heavy atom. The molecule has 0 saturated carbocycles. The molecule has 1 fully saturated rings. The van der Waals surface area contributed by atoms with Gasteiger partial charge in [0.25, 0.3) is 0 Å². The summed E-state index contributed by atoms with van der Waals surface area (Å²) in [5, 5.41) is 6.44. The minimum Gasteiger partial charge on any atom is -0.497 e. The molecular formula is C18H28N4O2. The number of nitrogens with one attached hydrogen (secondary N) is 2. The molecule has 0 aromatic heterocycles. The van der Waals surface area contributed by atoms with Crippen LogP contribution < -0.4 is 15.4 Å². The fourth-order valence-corrected chi connectivity index (χ4v) is 2.70. The van der Waals surface area contributed by atoms with Gasteiger partial charge in [0.2, 0.25) is 5.91 Å². The van der Waals surface area contributed by atoms with Gasteiger partial charge in [-0.25, -0.2) is 4.99 Å². The van der Waals surface area contributed by atoms with Gasteiger partial charge in [-0.2, -0.15) is 0 Å². The lowest BCUT2D eigenvalue weighted by Crippen LogP contribution is -2.39. The van der Waals surface area contributed by atoms with E-state index >= 15 is 0 Å². The van der Waals surface area contributed by atoms with Crippen LogP contribution in [0.25, 0.3) is 0 Å². The summed E-state index contributed by atoms with van der Waals surface area (Å²) in [5.74, 6) is 1.79. The van der Waals surface area contributed by atoms with E-state index in [-0.39, 0.29) is 5.91 Å². The van der Waals surface area contributed by atoms with Crippen LogP contribution >= 0.6 is 0 Å². The second-order valence-electron chi connectivity index (χ2n) is 5.81. The number of nitrogens with zero attached hydrogens (tertiary/aromatic N) is 2. The first-order valence-corrected chi connectivity index (χ1v) is 8.66. The molecule has 6 nitrogen and oxygen atoms in total. The predicted octanol–water partition coefficient (Wildman–Crippen LogP) is 1.76. The average Bonchev–Trinajstić information content (AvgIpc) is 3.14. The number of aliphatic imine (C=N–C) groups is 1. The van der Waals surface area contributed by atoms with E-state index in [4.69, 9.17) is 4.74 Å². The van der Waals surface area contributed by atoms with Gasteiger partial charge in [0.15, 0.2) is 5.96 Å². The van der Waals surface area contributed by atoms with E-state index in [1.54, 1.807) is 7.11 Å². The zero-order valence-electron chi connectivity index (χ0n) is 14.7. The Morgan fingerprint density at radius 3 is 2.79 bits per heavy atom. The zero-order chi connectivity index (χ0) is 17.2. The molecule has 1 aromatic rings. The lowest BCUT2D eigenvalue weighted by molar-refractivity contribution is -0.129. The minimum absolute atomic E-state index is 0.226. The summed E-state index contributed by atoms with van der Waals surface area (Å²) in [5.41, 5.74) is 1.08. The largest absolute Gasteiger partial charge is 0.497 e. The molecule has 0 atom stereocenters. The molecule has 1 heterocycles. The highest BCUT2D eigenvalue weighted by Crippen LogP contribution is 2.13. The van der Waals surface area contributed by atoms with E-state index in [9.17, 15) is 4.79 Å². The second-order valence-corrected chi connectivity index (χ2v) is 5.81. The van der Waals surface area contributed by atoms with Crippen LogP contribution in [-0.2, 0) is 11.3 Å². The Labute approximate surface area is 144 Å². The first-order valence-electron chi connectivity index (χ1n) is 8.66. The predicted molar refractivity (Wildman–Crippen MR) is 96.2 cm³/mol. The molecule has 1 aliphatic heterocycles. The number of hydrogen-bond donors (Lipinski definition) is 2. The summed E-state index contributed by atoms with van der Waals surface area (Å²) in [4.78, 5) is 18.6. The average molecular weight is 332 g/mol. The van der Waals surface area contributed by atoms with Crippen LogP contribution in [0.15, 0.2) is 29.3 Å². The quantitative estimate of drug-likeness (QED) is 0.590. The molecular weight excluding hydrogens is 304 g/mol. The van der Waals surface area contributed by atoms with Gasteiger partial charge in [-0.3, -0.25) is 4.79 Å². The lowest BCUT2D eigenvalue weighted by atomic mass is 10.2. The van der Waals surface area contributed by atoms with Crippen LogP contribution in [0.3, 0.4) is 0 Å². The van der Waals surface area contributed by atoms with Crippen molar-refractivity contribution in [3.8, 4) is 5.75 Å². The lowest BCUT2D eigenvalue weighted by Gasteiger charge is -2.16. The highest BCUT2D eigenvalue weighted by molar-refractivity contribution is 5.81. The Bertz CT molecular complexity index is 554. The third kappa shape index (κ3) is 5.76. The van der Waals surface area contributed by atoms with Crippen molar-refractivity contribution < 1.29 is 9.53 Å². The third-order valence-corrected chi connectivity index (χ3v) is 3.99. The number of hydrogen-bond acceptors (Lipinski definition) is 3. The normalized spacial score (nSPS) is 14.6. The number of guanidine groups is 1. The molecule has 6 heteroatoms.